The highest BCUT2D eigenvalue weighted by molar-refractivity contribution is 6.42. The zero-order valence-corrected chi connectivity index (χ0v) is 23.2. The Bertz CT molecular complexity index is 1200. The van der Waals surface area contributed by atoms with E-state index in [1.807, 2.05) is 18.2 Å². The summed E-state index contributed by atoms with van der Waals surface area (Å²) in [5.41, 5.74) is 7.75. The molecule has 2 saturated heterocycles. The highest BCUT2D eigenvalue weighted by Gasteiger charge is 2.45. The molecule has 3 N–H and O–H groups in total. The minimum Gasteiger partial charge on any atom is -0.481 e. The Balaban J connectivity index is 1.52. The highest BCUT2D eigenvalue weighted by Crippen LogP contribution is 2.31. The lowest BCUT2D eigenvalue weighted by atomic mass is 9.97. The quantitative estimate of drug-likeness (QED) is 0.381. The van der Waals surface area contributed by atoms with Crippen molar-refractivity contribution in [2.75, 3.05) is 13.1 Å². The lowest BCUT2D eigenvalue weighted by Gasteiger charge is -2.32. The fraction of sp³-hybridized carbons (Fsp3) is 0.483. The minimum atomic E-state index is -1.05. The van der Waals surface area contributed by atoms with Crippen molar-refractivity contribution in [3.63, 3.8) is 0 Å². The van der Waals surface area contributed by atoms with Gasteiger partial charge < -0.3 is 15.7 Å². The molecule has 1 amide bonds. The Labute approximate surface area is 238 Å². The van der Waals surface area contributed by atoms with Crippen LogP contribution >= 0.6 is 23.2 Å². The Morgan fingerprint density at radius 1 is 1.10 bits per heavy atom. The van der Waals surface area contributed by atoms with Gasteiger partial charge in [-0.25, -0.2) is 4.39 Å². The Kier molecular flexibility index (Phi) is 9.99. The molecular formula is C29H34Cl2FN3O4. The van der Waals surface area contributed by atoms with E-state index in [0.29, 0.717) is 25.9 Å². The molecule has 39 heavy (non-hydrogen) atoms. The number of carbonyl (C=O) groups excluding carboxylic acids is 2. The number of rotatable bonds is 11. The van der Waals surface area contributed by atoms with E-state index in [1.165, 1.54) is 17.7 Å². The number of hydrogen-bond acceptors (Lipinski definition) is 5. The topological polar surface area (TPSA) is 104 Å². The molecule has 0 aromatic heterocycles. The fourth-order valence-corrected chi connectivity index (χ4v) is 6.16. The molecule has 2 aliphatic heterocycles. The zero-order valence-electron chi connectivity index (χ0n) is 21.7. The van der Waals surface area contributed by atoms with E-state index in [9.17, 15) is 23.9 Å². The average molecular weight is 579 g/mol. The normalized spacial score (nSPS) is 22.4. The van der Waals surface area contributed by atoms with Crippen molar-refractivity contribution >= 4 is 40.9 Å². The number of hydrogen-bond donors (Lipinski definition) is 2. The van der Waals surface area contributed by atoms with Gasteiger partial charge in [-0.05, 0) is 55.7 Å². The predicted octanol–water partition coefficient (Wildman–Crippen LogP) is 4.50. The first-order valence-electron chi connectivity index (χ1n) is 13.4. The maximum atomic E-state index is 14.6. The fourth-order valence-electron chi connectivity index (χ4n) is 5.83. The van der Waals surface area contributed by atoms with E-state index in [0.717, 1.165) is 12.8 Å². The molecule has 7 nitrogen and oxygen atoms in total. The monoisotopic (exact) mass is 577 g/mol. The number of nitrogens with two attached hydrogens (primary N) is 1. The molecule has 4 rings (SSSR count). The van der Waals surface area contributed by atoms with Gasteiger partial charge in [0.05, 0.1) is 22.1 Å². The summed E-state index contributed by atoms with van der Waals surface area (Å²) in [5, 5.41) is 9.23. The maximum Gasteiger partial charge on any atom is 0.303 e. The summed E-state index contributed by atoms with van der Waals surface area (Å²) < 4.78 is 14.6. The first-order chi connectivity index (χ1) is 18.7. The summed E-state index contributed by atoms with van der Waals surface area (Å²) in [5.74, 6) is -2.21. The first-order valence-corrected chi connectivity index (χ1v) is 14.1. The van der Waals surface area contributed by atoms with Crippen LogP contribution in [-0.4, -0.2) is 69.8 Å². The molecule has 0 spiro atoms. The number of ketones is 1. The van der Waals surface area contributed by atoms with Crippen LogP contribution in [0.15, 0.2) is 42.5 Å². The van der Waals surface area contributed by atoms with Crippen LogP contribution in [-0.2, 0) is 27.2 Å². The van der Waals surface area contributed by atoms with Crippen molar-refractivity contribution in [2.24, 2.45) is 5.73 Å². The smallest absolute Gasteiger partial charge is 0.303 e. The lowest BCUT2D eigenvalue weighted by molar-refractivity contribution is -0.144. The molecule has 10 heteroatoms. The number of fused-ring (bicyclic) bond motifs is 1. The third kappa shape index (κ3) is 7.17. The number of carboxylic acids is 1. The molecular weight excluding hydrogens is 544 g/mol. The standard InChI is InChI=1S/C29H34Cl2FN3O4/c30-22-10-7-19(28(32)27(22)31)8-12-25(36)23(11-13-26(37)38)34-15-14-21(9-6-18-4-2-1-3-5-18)35-17-20(33)16-24(35)29(34)39/h1-5,7,10,20-21,23-24H,6,8-9,11-17,33H2,(H,37,38)/t20-,21?,23-,24+/m1/s1. The zero-order chi connectivity index (χ0) is 28.1. The van der Waals surface area contributed by atoms with Gasteiger partial charge in [0.1, 0.15) is 5.82 Å². The second kappa shape index (κ2) is 13.2. The van der Waals surface area contributed by atoms with Crippen molar-refractivity contribution in [2.45, 2.75) is 75.5 Å². The number of carbonyl (C=O) groups is 3. The molecule has 0 aliphatic carbocycles. The van der Waals surface area contributed by atoms with Crippen molar-refractivity contribution in [3.05, 3.63) is 69.5 Å². The highest BCUT2D eigenvalue weighted by atomic mass is 35.5. The molecule has 2 fully saturated rings. The molecule has 2 aromatic carbocycles. The molecule has 2 heterocycles. The molecule has 4 atom stereocenters. The molecule has 1 unspecified atom stereocenters. The summed E-state index contributed by atoms with van der Waals surface area (Å²) in [7, 11) is 0. The molecule has 2 aliphatic rings. The summed E-state index contributed by atoms with van der Waals surface area (Å²) in [4.78, 5) is 42.5. The van der Waals surface area contributed by atoms with E-state index in [-0.39, 0.29) is 65.1 Å². The van der Waals surface area contributed by atoms with Crippen LogP contribution in [0.2, 0.25) is 10.0 Å². The van der Waals surface area contributed by atoms with Crippen LogP contribution in [0, 0.1) is 5.82 Å². The number of aryl methyl sites for hydroxylation is 2. The number of amides is 1. The van der Waals surface area contributed by atoms with Gasteiger partial charge in [0, 0.05) is 38.0 Å². The summed E-state index contributed by atoms with van der Waals surface area (Å²) in [6.45, 7) is 0.950. The van der Waals surface area contributed by atoms with E-state index < -0.39 is 23.9 Å². The molecule has 2 aromatic rings. The molecule has 0 bridgehead atoms. The average Bonchev–Trinajstić information content (AvgIpc) is 3.26. The van der Waals surface area contributed by atoms with Crippen LogP contribution in [0.5, 0.6) is 0 Å². The number of carboxylic acid groups (broad SMARTS) is 1. The van der Waals surface area contributed by atoms with E-state index >= 15 is 0 Å². The summed E-state index contributed by atoms with van der Waals surface area (Å²) in [6.07, 6.45) is 2.59. The molecule has 210 valence electrons. The van der Waals surface area contributed by atoms with Crippen LogP contribution in [0.3, 0.4) is 0 Å². The summed E-state index contributed by atoms with van der Waals surface area (Å²) >= 11 is 11.8. The number of nitrogens with zero attached hydrogens (tertiary/aromatic N) is 2. The SMILES string of the molecule is N[C@@H]1C[C@H]2C(=O)N([C@H](CCC(=O)O)C(=O)CCc3ccc(Cl)c(Cl)c3F)CCC(CCc3ccccc3)N2C1. The summed E-state index contributed by atoms with van der Waals surface area (Å²) in [6, 6.07) is 11.7. The number of Topliss-reactive ketones (excluding diaryl/α,β-unsaturated/α-hetero) is 1. The second-order valence-corrected chi connectivity index (χ2v) is 11.2. The molecule has 0 radical (unpaired) electrons. The van der Waals surface area contributed by atoms with Crippen LogP contribution in [0.4, 0.5) is 4.39 Å². The van der Waals surface area contributed by atoms with Gasteiger partial charge in [-0.15, -0.1) is 0 Å². The number of benzene rings is 2. The maximum absolute atomic E-state index is 14.6. The third-order valence-corrected chi connectivity index (χ3v) is 8.64. The third-order valence-electron chi connectivity index (χ3n) is 7.86. The Hall–Kier alpha value is -2.52. The Morgan fingerprint density at radius 2 is 1.85 bits per heavy atom. The van der Waals surface area contributed by atoms with Crippen molar-refractivity contribution in [1.82, 2.24) is 9.80 Å². The van der Waals surface area contributed by atoms with Gasteiger partial charge in [0.15, 0.2) is 5.78 Å². The van der Waals surface area contributed by atoms with Gasteiger partial charge in [0.2, 0.25) is 5.91 Å². The van der Waals surface area contributed by atoms with Gasteiger partial charge in [-0.3, -0.25) is 19.3 Å². The molecule has 0 saturated carbocycles. The van der Waals surface area contributed by atoms with Crippen LogP contribution in [0.25, 0.3) is 0 Å². The first kappa shape index (κ1) is 29.5. The van der Waals surface area contributed by atoms with Gasteiger partial charge in [-0.1, -0.05) is 59.6 Å². The van der Waals surface area contributed by atoms with Gasteiger partial charge in [-0.2, -0.15) is 0 Å². The minimum absolute atomic E-state index is 0.00276. The van der Waals surface area contributed by atoms with E-state index in [4.69, 9.17) is 28.9 Å². The predicted molar refractivity (Wildman–Crippen MR) is 148 cm³/mol. The van der Waals surface area contributed by atoms with Crippen LogP contribution in [0.1, 0.15) is 49.7 Å². The number of halogens is 3. The Morgan fingerprint density at radius 3 is 2.56 bits per heavy atom. The van der Waals surface area contributed by atoms with Gasteiger partial charge >= 0.3 is 5.97 Å². The van der Waals surface area contributed by atoms with Crippen molar-refractivity contribution < 1.29 is 23.9 Å². The number of aliphatic carboxylic acids is 1. The van der Waals surface area contributed by atoms with Gasteiger partial charge in [0.25, 0.3) is 0 Å². The van der Waals surface area contributed by atoms with E-state index in [1.54, 1.807) is 4.90 Å². The van der Waals surface area contributed by atoms with E-state index in [2.05, 4.69) is 17.0 Å². The van der Waals surface area contributed by atoms with Crippen molar-refractivity contribution in [1.29, 1.82) is 0 Å². The largest absolute Gasteiger partial charge is 0.481 e. The van der Waals surface area contributed by atoms with Crippen molar-refractivity contribution in [3.8, 4) is 0 Å². The lowest BCUT2D eigenvalue weighted by Crippen LogP contribution is -2.50. The van der Waals surface area contributed by atoms with Crippen LogP contribution < -0.4 is 5.73 Å². The second-order valence-electron chi connectivity index (χ2n) is 10.5.